The first-order chi connectivity index (χ1) is 9.54. The highest BCUT2D eigenvalue weighted by molar-refractivity contribution is 5.96. The minimum absolute atomic E-state index is 0.188. The van der Waals surface area contributed by atoms with Crippen molar-refractivity contribution < 1.29 is 14.3 Å². The molecular weight excluding hydrogens is 256 g/mol. The number of hydrogen-bond donors (Lipinski definition) is 2. The van der Waals surface area contributed by atoms with Crippen LogP contribution in [0.3, 0.4) is 0 Å². The Labute approximate surface area is 119 Å². The third kappa shape index (κ3) is 3.42. The molecule has 0 radical (unpaired) electrons. The van der Waals surface area contributed by atoms with Crippen molar-refractivity contribution in [2.45, 2.75) is 19.8 Å². The molecule has 0 atom stereocenters. The van der Waals surface area contributed by atoms with Gasteiger partial charge in [-0.1, -0.05) is 6.92 Å². The van der Waals surface area contributed by atoms with Crippen molar-refractivity contribution in [1.82, 2.24) is 0 Å². The van der Waals surface area contributed by atoms with Crippen LogP contribution in [0.15, 0.2) is 18.2 Å². The Bertz CT molecular complexity index is 482. The highest BCUT2D eigenvalue weighted by Crippen LogP contribution is 2.31. The van der Waals surface area contributed by atoms with Crippen LogP contribution in [-0.2, 0) is 9.47 Å². The molecular formula is C15H22N2O3. The lowest BCUT2D eigenvalue weighted by molar-refractivity contribution is 0.0299. The summed E-state index contributed by atoms with van der Waals surface area (Å²) in [5.74, 6) is -0.378. The number of nitrogen functional groups attached to an aromatic ring is 1. The van der Waals surface area contributed by atoms with Crippen molar-refractivity contribution in [1.29, 1.82) is 0 Å². The third-order valence-electron chi connectivity index (χ3n) is 3.85. The van der Waals surface area contributed by atoms with Gasteiger partial charge in [0.15, 0.2) is 0 Å². The van der Waals surface area contributed by atoms with Crippen molar-refractivity contribution in [2.24, 2.45) is 5.41 Å². The van der Waals surface area contributed by atoms with E-state index in [1.165, 1.54) is 7.11 Å². The van der Waals surface area contributed by atoms with Gasteiger partial charge in [0.05, 0.1) is 12.7 Å². The van der Waals surface area contributed by atoms with E-state index in [1.54, 1.807) is 12.1 Å². The lowest BCUT2D eigenvalue weighted by Gasteiger charge is -2.34. The molecule has 0 saturated carbocycles. The molecule has 3 N–H and O–H groups in total. The summed E-state index contributed by atoms with van der Waals surface area (Å²) in [6.45, 7) is 4.62. The maximum atomic E-state index is 11.8. The van der Waals surface area contributed by atoms with Gasteiger partial charge in [-0.05, 0) is 36.5 Å². The maximum absolute atomic E-state index is 11.8. The Balaban J connectivity index is 2.10. The van der Waals surface area contributed by atoms with Gasteiger partial charge in [0.2, 0.25) is 0 Å². The topological polar surface area (TPSA) is 73.6 Å². The summed E-state index contributed by atoms with van der Waals surface area (Å²) < 4.78 is 10.2. The molecule has 1 saturated heterocycles. The minimum atomic E-state index is -0.378. The lowest BCUT2D eigenvalue weighted by Crippen LogP contribution is -2.33. The number of anilines is 2. The van der Waals surface area contributed by atoms with E-state index in [9.17, 15) is 4.79 Å². The fourth-order valence-electron chi connectivity index (χ4n) is 2.34. The Morgan fingerprint density at radius 2 is 2.15 bits per heavy atom. The number of esters is 1. The van der Waals surface area contributed by atoms with Crippen LogP contribution in [0.25, 0.3) is 0 Å². The fraction of sp³-hybridized carbons (Fsp3) is 0.533. The minimum Gasteiger partial charge on any atom is -0.465 e. The summed E-state index contributed by atoms with van der Waals surface area (Å²) >= 11 is 0. The summed E-state index contributed by atoms with van der Waals surface area (Å²) in [5.41, 5.74) is 7.71. The highest BCUT2D eigenvalue weighted by atomic mass is 16.5. The van der Waals surface area contributed by atoms with Gasteiger partial charge in [0.25, 0.3) is 0 Å². The number of rotatable bonds is 4. The average Bonchev–Trinajstić information content (AvgIpc) is 2.46. The molecule has 20 heavy (non-hydrogen) atoms. The fourth-order valence-corrected chi connectivity index (χ4v) is 2.34. The molecule has 0 amide bonds. The first kappa shape index (κ1) is 14.7. The Morgan fingerprint density at radius 1 is 1.45 bits per heavy atom. The number of nitrogens with two attached hydrogens (primary N) is 1. The second-order valence-corrected chi connectivity index (χ2v) is 5.57. The Morgan fingerprint density at radius 3 is 2.80 bits per heavy atom. The molecule has 0 unspecified atom stereocenters. The van der Waals surface area contributed by atoms with Crippen molar-refractivity contribution in [3.05, 3.63) is 23.8 Å². The standard InChI is InChI=1S/C15H22N2O3/c1-15(5-7-20-8-6-15)10-17-13-4-3-11(16)9-12(13)14(18)19-2/h3-4,9,17H,5-8,10,16H2,1-2H3. The van der Waals surface area contributed by atoms with Crippen LogP contribution in [0.4, 0.5) is 11.4 Å². The van der Waals surface area contributed by atoms with E-state index < -0.39 is 0 Å². The zero-order valence-corrected chi connectivity index (χ0v) is 12.1. The maximum Gasteiger partial charge on any atom is 0.340 e. The lowest BCUT2D eigenvalue weighted by atomic mass is 9.82. The Hall–Kier alpha value is -1.75. The SMILES string of the molecule is COC(=O)c1cc(N)ccc1NCC1(C)CCOCC1. The van der Waals surface area contributed by atoms with Gasteiger partial charge in [-0.15, -0.1) is 0 Å². The molecule has 5 nitrogen and oxygen atoms in total. The molecule has 0 bridgehead atoms. The molecule has 1 fully saturated rings. The number of carbonyl (C=O) groups is 1. The van der Waals surface area contributed by atoms with Crippen LogP contribution in [-0.4, -0.2) is 32.8 Å². The van der Waals surface area contributed by atoms with Crippen molar-refractivity contribution in [3.8, 4) is 0 Å². The molecule has 1 heterocycles. The molecule has 5 heteroatoms. The van der Waals surface area contributed by atoms with Gasteiger partial charge in [-0.3, -0.25) is 0 Å². The zero-order valence-electron chi connectivity index (χ0n) is 12.1. The van der Waals surface area contributed by atoms with E-state index in [0.29, 0.717) is 11.3 Å². The molecule has 0 aromatic heterocycles. The van der Waals surface area contributed by atoms with Crippen LogP contribution < -0.4 is 11.1 Å². The van der Waals surface area contributed by atoms with Crippen molar-refractivity contribution in [2.75, 3.05) is 37.9 Å². The second-order valence-electron chi connectivity index (χ2n) is 5.57. The van der Waals surface area contributed by atoms with E-state index in [0.717, 1.165) is 38.3 Å². The third-order valence-corrected chi connectivity index (χ3v) is 3.85. The van der Waals surface area contributed by atoms with E-state index in [2.05, 4.69) is 12.2 Å². The quantitative estimate of drug-likeness (QED) is 0.653. The molecule has 110 valence electrons. The largest absolute Gasteiger partial charge is 0.465 e. The number of nitrogens with one attached hydrogen (secondary N) is 1. The van der Waals surface area contributed by atoms with Gasteiger partial charge < -0.3 is 20.5 Å². The predicted molar refractivity (Wildman–Crippen MR) is 78.8 cm³/mol. The van der Waals surface area contributed by atoms with Crippen molar-refractivity contribution >= 4 is 17.3 Å². The summed E-state index contributed by atoms with van der Waals surface area (Å²) in [6.07, 6.45) is 2.03. The zero-order chi connectivity index (χ0) is 14.6. The van der Waals surface area contributed by atoms with Gasteiger partial charge >= 0.3 is 5.97 Å². The van der Waals surface area contributed by atoms with Crippen LogP contribution in [0.5, 0.6) is 0 Å². The first-order valence-corrected chi connectivity index (χ1v) is 6.83. The summed E-state index contributed by atoms with van der Waals surface area (Å²) in [6, 6.07) is 5.24. The molecule has 1 aliphatic rings. The van der Waals surface area contributed by atoms with E-state index in [1.807, 2.05) is 6.07 Å². The predicted octanol–water partition coefficient (Wildman–Crippen LogP) is 2.28. The normalized spacial score (nSPS) is 17.5. The highest BCUT2D eigenvalue weighted by Gasteiger charge is 2.27. The summed E-state index contributed by atoms with van der Waals surface area (Å²) in [4.78, 5) is 11.8. The van der Waals surface area contributed by atoms with E-state index in [-0.39, 0.29) is 11.4 Å². The number of hydrogen-bond acceptors (Lipinski definition) is 5. The monoisotopic (exact) mass is 278 g/mol. The summed E-state index contributed by atoms with van der Waals surface area (Å²) in [5, 5.41) is 3.35. The Kier molecular flexibility index (Phi) is 4.49. The van der Waals surface area contributed by atoms with E-state index in [4.69, 9.17) is 15.2 Å². The van der Waals surface area contributed by atoms with Gasteiger partial charge in [0.1, 0.15) is 0 Å². The van der Waals surface area contributed by atoms with Crippen molar-refractivity contribution in [3.63, 3.8) is 0 Å². The number of benzene rings is 1. The molecule has 2 rings (SSSR count). The van der Waals surface area contributed by atoms with Gasteiger partial charge in [-0.25, -0.2) is 4.79 Å². The molecule has 1 aromatic carbocycles. The molecule has 1 aliphatic heterocycles. The number of carbonyl (C=O) groups excluding carboxylic acids is 1. The first-order valence-electron chi connectivity index (χ1n) is 6.83. The smallest absolute Gasteiger partial charge is 0.340 e. The molecule has 0 aliphatic carbocycles. The van der Waals surface area contributed by atoms with Crippen LogP contribution in [0.1, 0.15) is 30.1 Å². The average molecular weight is 278 g/mol. The van der Waals surface area contributed by atoms with Crippen LogP contribution >= 0.6 is 0 Å². The number of ether oxygens (including phenoxy) is 2. The second kappa shape index (κ2) is 6.13. The molecule has 0 spiro atoms. The van der Waals surface area contributed by atoms with Gasteiger partial charge in [-0.2, -0.15) is 0 Å². The van der Waals surface area contributed by atoms with Crippen LogP contribution in [0.2, 0.25) is 0 Å². The van der Waals surface area contributed by atoms with E-state index >= 15 is 0 Å². The summed E-state index contributed by atoms with van der Waals surface area (Å²) in [7, 11) is 1.37. The van der Waals surface area contributed by atoms with Crippen LogP contribution in [0, 0.1) is 5.41 Å². The molecule has 1 aromatic rings. The number of methoxy groups -OCH3 is 1. The van der Waals surface area contributed by atoms with Gasteiger partial charge in [0, 0.05) is 31.1 Å².